The number of primary amides is 1. The number of hydrogen-bond acceptors (Lipinski definition) is 4. The van der Waals surface area contributed by atoms with Crippen molar-refractivity contribution in [1.82, 2.24) is 0 Å². The van der Waals surface area contributed by atoms with E-state index in [2.05, 4.69) is 17.4 Å². The van der Waals surface area contributed by atoms with Crippen molar-refractivity contribution >= 4 is 28.2 Å². The summed E-state index contributed by atoms with van der Waals surface area (Å²) in [6.45, 7) is 4.40. The Labute approximate surface area is 174 Å². The van der Waals surface area contributed by atoms with Crippen molar-refractivity contribution in [2.24, 2.45) is 5.73 Å². The summed E-state index contributed by atoms with van der Waals surface area (Å²) in [6, 6.07) is 17.1. The highest BCUT2D eigenvalue weighted by molar-refractivity contribution is 7.16. The predicted octanol–water partition coefficient (Wildman–Crippen LogP) is 4.59. The molecule has 2 amide bonds. The molecular formula is C23H24N2O3S. The summed E-state index contributed by atoms with van der Waals surface area (Å²) in [5.74, 6) is -0.204. The second-order valence-electron chi connectivity index (χ2n) is 6.62. The molecule has 3 N–H and O–H groups in total. The molecule has 1 aromatic heterocycles. The van der Waals surface area contributed by atoms with E-state index in [0.29, 0.717) is 34.9 Å². The summed E-state index contributed by atoms with van der Waals surface area (Å²) in [7, 11) is 0. The fourth-order valence-corrected chi connectivity index (χ4v) is 4.33. The first-order chi connectivity index (χ1) is 14.0. The first kappa shape index (κ1) is 20.6. The molecule has 0 spiro atoms. The Morgan fingerprint density at radius 1 is 1.10 bits per heavy atom. The number of thiophene rings is 1. The third kappa shape index (κ3) is 5.03. The van der Waals surface area contributed by atoms with Crippen LogP contribution < -0.4 is 15.8 Å². The van der Waals surface area contributed by atoms with Crippen LogP contribution >= 0.6 is 11.3 Å². The lowest BCUT2D eigenvalue weighted by Gasteiger charge is -2.09. The molecule has 0 aliphatic heterocycles. The molecule has 0 atom stereocenters. The Hall–Kier alpha value is -3.12. The zero-order chi connectivity index (χ0) is 20.8. The molecule has 0 aliphatic rings. The van der Waals surface area contributed by atoms with Crippen LogP contribution in [-0.4, -0.2) is 18.4 Å². The van der Waals surface area contributed by atoms with E-state index in [1.54, 1.807) is 18.2 Å². The van der Waals surface area contributed by atoms with E-state index < -0.39 is 5.91 Å². The van der Waals surface area contributed by atoms with Crippen molar-refractivity contribution in [2.75, 3.05) is 11.9 Å². The van der Waals surface area contributed by atoms with E-state index >= 15 is 0 Å². The third-order valence-electron chi connectivity index (χ3n) is 4.63. The number of nitrogens with one attached hydrogen (secondary N) is 1. The number of nitrogens with two attached hydrogens (primary N) is 1. The largest absolute Gasteiger partial charge is 0.493 e. The summed E-state index contributed by atoms with van der Waals surface area (Å²) >= 11 is 1.37. The summed E-state index contributed by atoms with van der Waals surface area (Å²) < 4.78 is 5.80. The quantitative estimate of drug-likeness (QED) is 0.572. The first-order valence-electron chi connectivity index (χ1n) is 9.49. The fourth-order valence-electron chi connectivity index (χ4n) is 3.19. The first-order valence-corrected chi connectivity index (χ1v) is 10.3. The molecule has 0 saturated carbocycles. The van der Waals surface area contributed by atoms with Gasteiger partial charge in [-0.1, -0.05) is 43.3 Å². The van der Waals surface area contributed by atoms with Crippen LogP contribution in [0.25, 0.3) is 0 Å². The van der Waals surface area contributed by atoms with Gasteiger partial charge < -0.3 is 15.8 Å². The van der Waals surface area contributed by atoms with Crippen molar-refractivity contribution in [3.05, 3.63) is 81.7 Å². The van der Waals surface area contributed by atoms with Gasteiger partial charge in [0.25, 0.3) is 11.8 Å². The molecule has 150 valence electrons. The van der Waals surface area contributed by atoms with Gasteiger partial charge in [0.1, 0.15) is 10.8 Å². The van der Waals surface area contributed by atoms with Crippen molar-refractivity contribution in [2.45, 2.75) is 26.7 Å². The number of rotatable bonds is 8. The Balaban J connectivity index is 1.69. The molecule has 0 aliphatic carbocycles. The predicted molar refractivity (Wildman–Crippen MR) is 117 cm³/mol. The van der Waals surface area contributed by atoms with E-state index in [9.17, 15) is 9.59 Å². The number of carbonyl (C=O) groups is 2. The van der Waals surface area contributed by atoms with Gasteiger partial charge in [-0.3, -0.25) is 9.59 Å². The Kier molecular flexibility index (Phi) is 6.67. The van der Waals surface area contributed by atoms with E-state index in [1.165, 1.54) is 16.9 Å². The van der Waals surface area contributed by atoms with Gasteiger partial charge in [-0.2, -0.15) is 0 Å². The van der Waals surface area contributed by atoms with Crippen LogP contribution in [0.1, 0.15) is 43.6 Å². The standard InChI is InChI=1S/C23H24N2O3S/c1-3-19-15(2)29-23(20(19)21(24)26)25-22(27)17-10-7-11-18(14-17)28-13-12-16-8-5-4-6-9-16/h4-11,14H,3,12-13H2,1-2H3,(H2,24,26)(H,25,27). The van der Waals surface area contributed by atoms with Gasteiger partial charge in [0.2, 0.25) is 0 Å². The third-order valence-corrected chi connectivity index (χ3v) is 5.70. The van der Waals surface area contributed by atoms with Gasteiger partial charge in [0, 0.05) is 16.9 Å². The van der Waals surface area contributed by atoms with E-state index in [0.717, 1.165) is 16.9 Å². The number of hydrogen-bond donors (Lipinski definition) is 2. The van der Waals surface area contributed by atoms with Crippen molar-refractivity contribution in [3.63, 3.8) is 0 Å². The molecule has 0 bridgehead atoms. The minimum Gasteiger partial charge on any atom is -0.493 e. The zero-order valence-electron chi connectivity index (χ0n) is 16.5. The average molecular weight is 409 g/mol. The molecule has 0 saturated heterocycles. The maximum Gasteiger partial charge on any atom is 0.256 e. The average Bonchev–Trinajstić information content (AvgIpc) is 3.04. The maximum absolute atomic E-state index is 12.7. The normalized spacial score (nSPS) is 10.6. The fraction of sp³-hybridized carbons (Fsp3) is 0.217. The van der Waals surface area contributed by atoms with Crippen LogP contribution in [0.15, 0.2) is 54.6 Å². The zero-order valence-corrected chi connectivity index (χ0v) is 17.3. The minimum absolute atomic E-state index is 0.301. The molecule has 0 unspecified atom stereocenters. The van der Waals surface area contributed by atoms with Crippen molar-refractivity contribution in [3.8, 4) is 5.75 Å². The van der Waals surface area contributed by atoms with Crippen LogP contribution in [0.4, 0.5) is 5.00 Å². The number of aryl methyl sites for hydroxylation is 1. The molecule has 5 nitrogen and oxygen atoms in total. The lowest BCUT2D eigenvalue weighted by molar-refractivity contribution is 0.100. The highest BCUT2D eigenvalue weighted by atomic mass is 32.1. The number of benzene rings is 2. The Morgan fingerprint density at radius 3 is 2.55 bits per heavy atom. The topological polar surface area (TPSA) is 81.4 Å². The van der Waals surface area contributed by atoms with Crippen LogP contribution in [0.2, 0.25) is 0 Å². The van der Waals surface area contributed by atoms with Crippen LogP contribution in [0.3, 0.4) is 0 Å². The Morgan fingerprint density at radius 2 is 1.86 bits per heavy atom. The van der Waals surface area contributed by atoms with Crippen LogP contribution in [0, 0.1) is 6.92 Å². The molecule has 2 aromatic carbocycles. The summed E-state index contributed by atoms with van der Waals surface area (Å²) in [6.07, 6.45) is 1.47. The van der Waals surface area contributed by atoms with E-state index in [1.807, 2.05) is 38.1 Å². The molecule has 3 rings (SSSR count). The molecule has 6 heteroatoms. The lowest BCUT2D eigenvalue weighted by atomic mass is 10.1. The number of amides is 2. The highest BCUT2D eigenvalue weighted by Gasteiger charge is 2.21. The van der Waals surface area contributed by atoms with Gasteiger partial charge >= 0.3 is 0 Å². The Bertz CT molecular complexity index is 1010. The van der Waals surface area contributed by atoms with Crippen LogP contribution in [0.5, 0.6) is 5.75 Å². The summed E-state index contributed by atoms with van der Waals surface area (Å²) in [5.41, 5.74) is 8.48. The molecule has 3 aromatic rings. The van der Waals surface area contributed by atoms with Gasteiger partial charge in [0.15, 0.2) is 0 Å². The molecular weight excluding hydrogens is 384 g/mol. The van der Waals surface area contributed by atoms with Crippen molar-refractivity contribution < 1.29 is 14.3 Å². The van der Waals surface area contributed by atoms with Gasteiger partial charge in [0.05, 0.1) is 12.2 Å². The molecule has 0 fully saturated rings. The number of carbonyl (C=O) groups excluding carboxylic acids is 2. The maximum atomic E-state index is 12.7. The lowest BCUT2D eigenvalue weighted by Crippen LogP contribution is -2.18. The van der Waals surface area contributed by atoms with Gasteiger partial charge in [-0.25, -0.2) is 0 Å². The van der Waals surface area contributed by atoms with E-state index in [4.69, 9.17) is 10.5 Å². The summed E-state index contributed by atoms with van der Waals surface area (Å²) in [4.78, 5) is 25.6. The number of anilines is 1. The van der Waals surface area contributed by atoms with Crippen LogP contribution in [-0.2, 0) is 12.8 Å². The monoisotopic (exact) mass is 408 g/mol. The van der Waals surface area contributed by atoms with Crippen molar-refractivity contribution in [1.29, 1.82) is 0 Å². The smallest absolute Gasteiger partial charge is 0.256 e. The molecule has 0 radical (unpaired) electrons. The molecule has 1 heterocycles. The number of ether oxygens (including phenoxy) is 1. The van der Waals surface area contributed by atoms with E-state index in [-0.39, 0.29) is 5.91 Å². The van der Waals surface area contributed by atoms with Gasteiger partial charge in [-0.15, -0.1) is 11.3 Å². The SMILES string of the molecule is CCc1c(C)sc(NC(=O)c2cccc(OCCc3ccccc3)c2)c1C(N)=O. The minimum atomic E-state index is -0.528. The summed E-state index contributed by atoms with van der Waals surface area (Å²) in [5, 5.41) is 3.33. The molecule has 29 heavy (non-hydrogen) atoms. The second-order valence-corrected chi connectivity index (χ2v) is 7.85. The second kappa shape index (κ2) is 9.39. The highest BCUT2D eigenvalue weighted by Crippen LogP contribution is 2.33. The van der Waals surface area contributed by atoms with Gasteiger partial charge in [-0.05, 0) is 42.7 Å².